The molecule has 1 aliphatic heterocycles. The van der Waals surface area contributed by atoms with Gasteiger partial charge in [-0.1, -0.05) is 40.2 Å². The number of carbonyl (C=O) groups is 1. The lowest BCUT2D eigenvalue weighted by Crippen LogP contribution is -2.58. The van der Waals surface area contributed by atoms with E-state index in [0.29, 0.717) is 0 Å². The first-order chi connectivity index (χ1) is 9.34. The Kier molecular flexibility index (Phi) is 4.37. The molecule has 2 N–H and O–H groups in total. The molecule has 2 atom stereocenters. The first-order valence-corrected chi connectivity index (χ1v) is 6.71. The summed E-state index contributed by atoms with van der Waals surface area (Å²) in [4.78, 5) is 11.2. The van der Waals surface area contributed by atoms with Crippen molar-refractivity contribution in [3.63, 3.8) is 0 Å². The lowest BCUT2D eigenvalue weighted by Gasteiger charge is -2.30. The van der Waals surface area contributed by atoms with Crippen LogP contribution in [0.2, 0.25) is 0 Å². The maximum absolute atomic E-state index is 12.6. The van der Waals surface area contributed by atoms with Crippen LogP contribution in [0.5, 0.6) is 0 Å². The summed E-state index contributed by atoms with van der Waals surface area (Å²) < 4.78 is 38.8. The highest BCUT2D eigenvalue weighted by Gasteiger charge is 2.44. The summed E-state index contributed by atoms with van der Waals surface area (Å²) in [6, 6.07) is 4.07. The summed E-state index contributed by atoms with van der Waals surface area (Å²) in [6.07, 6.45) is -1.40. The number of hydrogen-bond acceptors (Lipinski definition) is 1. The van der Waals surface area contributed by atoms with Crippen LogP contribution in [0.25, 0.3) is 6.08 Å². The van der Waals surface area contributed by atoms with Gasteiger partial charge in [-0.15, -0.1) is 0 Å². The van der Waals surface area contributed by atoms with Gasteiger partial charge in [-0.05, 0) is 17.7 Å². The molecule has 0 bridgehead atoms. The van der Waals surface area contributed by atoms with Gasteiger partial charge < -0.3 is 10.6 Å². The van der Waals surface area contributed by atoms with E-state index in [1.807, 2.05) is 29.6 Å². The van der Waals surface area contributed by atoms with Crippen LogP contribution in [0.1, 0.15) is 12.0 Å². The van der Waals surface area contributed by atoms with Gasteiger partial charge in [0.15, 0.2) is 0 Å². The molecular formula is C13H12BrF3N2O. The van der Waals surface area contributed by atoms with E-state index in [4.69, 9.17) is 0 Å². The number of hydrogen-bond donors (Lipinski definition) is 2. The largest absolute Gasteiger partial charge is 0.408 e. The summed E-state index contributed by atoms with van der Waals surface area (Å²) in [6.45, 7) is 0. The molecule has 0 saturated carbocycles. The second-order valence-corrected chi connectivity index (χ2v) is 5.38. The third-order valence-corrected chi connectivity index (χ3v) is 3.37. The maximum atomic E-state index is 12.6. The number of alkyl halides is 3. The van der Waals surface area contributed by atoms with E-state index in [9.17, 15) is 18.0 Å². The Bertz CT molecular complexity index is 531. The Morgan fingerprint density at radius 1 is 1.30 bits per heavy atom. The van der Waals surface area contributed by atoms with Crippen LogP contribution in [0.4, 0.5) is 18.0 Å². The molecule has 2 unspecified atom stereocenters. The molecule has 1 fully saturated rings. The number of amides is 2. The number of halogens is 4. The molecular weight excluding hydrogens is 337 g/mol. The molecule has 108 valence electrons. The van der Waals surface area contributed by atoms with Crippen molar-refractivity contribution < 1.29 is 18.0 Å². The van der Waals surface area contributed by atoms with Crippen LogP contribution in [-0.2, 0) is 0 Å². The molecule has 0 aliphatic carbocycles. The fourth-order valence-corrected chi connectivity index (χ4v) is 2.34. The smallest absolute Gasteiger partial charge is 0.332 e. The van der Waals surface area contributed by atoms with E-state index >= 15 is 0 Å². The number of benzene rings is 1. The van der Waals surface area contributed by atoms with Crippen molar-refractivity contribution >= 4 is 28.0 Å². The number of carbonyl (C=O) groups excluding carboxylic acids is 1. The van der Waals surface area contributed by atoms with Crippen molar-refractivity contribution in [1.29, 1.82) is 0 Å². The summed E-state index contributed by atoms with van der Waals surface area (Å²) in [7, 11) is 0. The molecule has 1 aromatic carbocycles. The normalized spacial score (nSPS) is 23.5. The zero-order valence-corrected chi connectivity index (χ0v) is 11.8. The Morgan fingerprint density at radius 3 is 2.70 bits per heavy atom. The second-order valence-electron chi connectivity index (χ2n) is 4.47. The third kappa shape index (κ3) is 4.00. The molecule has 0 aromatic heterocycles. The topological polar surface area (TPSA) is 41.1 Å². The molecule has 1 aliphatic rings. The average molecular weight is 349 g/mol. The van der Waals surface area contributed by atoms with E-state index in [0.717, 1.165) is 10.0 Å². The summed E-state index contributed by atoms with van der Waals surface area (Å²) in [5, 5.41) is 4.33. The minimum absolute atomic E-state index is 0.222. The van der Waals surface area contributed by atoms with Gasteiger partial charge in [0.2, 0.25) is 0 Å². The van der Waals surface area contributed by atoms with Crippen molar-refractivity contribution in [2.45, 2.75) is 24.7 Å². The molecule has 3 nitrogen and oxygen atoms in total. The molecule has 2 amide bonds. The van der Waals surface area contributed by atoms with E-state index in [-0.39, 0.29) is 6.42 Å². The minimum Gasteiger partial charge on any atom is -0.332 e. The zero-order valence-electron chi connectivity index (χ0n) is 10.2. The SMILES string of the molecule is O=C1NC(/C=C/c2cccc(Br)c2)CC(C(F)(F)F)N1. The monoisotopic (exact) mass is 348 g/mol. The van der Waals surface area contributed by atoms with Crippen molar-refractivity contribution in [3.8, 4) is 0 Å². The van der Waals surface area contributed by atoms with Gasteiger partial charge >= 0.3 is 12.2 Å². The zero-order chi connectivity index (χ0) is 14.8. The van der Waals surface area contributed by atoms with Crippen molar-refractivity contribution in [1.82, 2.24) is 10.6 Å². The fraction of sp³-hybridized carbons (Fsp3) is 0.308. The highest BCUT2D eigenvalue weighted by molar-refractivity contribution is 9.10. The predicted octanol–water partition coefficient (Wildman–Crippen LogP) is 3.46. The molecule has 1 heterocycles. The average Bonchev–Trinajstić information content (AvgIpc) is 2.35. The summed E-state index contributed by atoms with van der Waals surface area (Å²) in [5.74, 6) is 0. The molecule has 20 heavy (non-hydrogen) atoms. The number of urea groups is 1. The molecule has 0 radical (unpaired) electrons. The van der Waals surface area contributed by atoms with Crippen LogP contribution < -0.4 is 10.6 Å². The van der Waals surface area contributed by atoms with E-state index < -0.39 is 24.3 Å². The molecule has 2 rings (SSSR count). The lowest BCUT2D eigenvalue weighted by atomic mass is 10.0. The van der Waals surface area contributed by atoms with Crippen LogP contribution in [0.15, 0.2) is 34.8 Å². The first-order valence-electron chi connectivity index (χ1n) is 5.92. The molecule has 1 saturated heterocycles. The highest BCUT2D eigenvalue weighted by Crippen LogP contribution is 2.25. The van der Waals surface area contributed by atoms with Gasteiger partial charge in [-0.3, -0.25) is 0 Å². The fourth-order valence-electron chi connectivity index (χ4n) is 1.92. The first kappa shape index (κ1) is 14.9. The van der Waals surface area contributed by atoms with Crippen molar-refractivity contribution in [2.24, 2.45) is 0 Å². The van der Waals surface area contributed by atoms with Crippen LogP contribution in [0.3, 0.4) is 0 Å². The third-order valence-electron chi connectivity index (χ3n) is 2.88. The van der Waals surface area contributed by atoms with Gasteiger partial charge in [0, 0.05) is 10.9 Å². The Labute approximate surface area is 122 Å². The standard InChI is InChI=1S/C13H12BrF3N2O/c14-9-3-1-2-8(6-9)4-5-10-7-11(13(15,16)17)19-12(20)18-10/h1-6,10-11H,7H2,(H2,18,19,20)/b5-4+. The van der Waals surface area contributed by atoms with Crippen LogP contribution in [0, 0.1) is 0 Å². The van der Waals surface area contributed by atoms with Gasteiger partial charge in [-0.25, -0.2) is 4.79 Å². The molecule has 7 heteroatoms. The Hall–Kier alpha value is -1.50. The number of rotatable bonds is 2. The van der Waals surface area contributed by atoms with E-state index in [2.05, 4.69) is 21.2 Å². The quantitative estimate of drug-likeness (QED) is 0.844. The molecule has 1 aromatic rings. The minimum atomic E-state index is -4.43. The lowest BCUT2D eigenvalue weighted by molar-refractivity contribution is -0.157. The maximum Gasteiger partial charge on any atom is 0.408 e. The second kappa shape index (κ2) is 5.87. The van der Waals surface area contributed by atoms with Crippen molar-refractivity contribution in [3.05, 3.63) is 40.4 Å². The summed E-state index contributed by atoms with van der Waals surface area (Å²) in [5.41, 5.74) is 0.843. The Balaban J connectivity index is 2.07. The van der Waals surface area contributed by atoms with E-state index in [1.54, 1.807) is 12.2 Å². The van der Waals surface area contributed by atoms with Gasteiger partial charge in [-0.2, -0.15) is 13.2 Å². The van der Waals surface area contributed by atoms with Gasteiger partial charge in [0.1, 0.15) is 6.04 Å². The molecule has 0 spiro atoms. The van der Waals surface area contributed by atoms with Gasteiger partial charge in [0.25, 0.3) is 0 Å². The van der Waals surface area contributed by atoms with Crippen LogP contribution >= 0.6 is 15.9 Å². The number of nitrogens with one attached hydrogen (secondary N) is 2. The van der Waals surface area contributed by atoms with Crippen LogP contribution in [-0.4, -0.2) is 24.3 Å². The Morgan fingerprint density at radius 2 is 2.05 bits per heavy atom. The van der Waals surface area contributed by atoms with Gasteiger partial charge in [0.05, 0.1) is 6.04 Å². The summed E-state index contributed by atoms with van der Waals surface area (Å²) >= 11 is 3.31. The highest BCUT2D eigenvalue weighted by atomic mass is 79.9. The van der Waals surface area contributed by atoms with E-state index in [1.165, 1.54) is 0 Å². The predicted molar refractivity (Wildman–Crippen MR) is 73.1 cm³/mol. The van der Waals surface area contributed by atoms with Crippen molar-refractivity contribution in [2.75, 3.05) is 0 Å².